The largest absolute Gasteiger partial charge is 0.382 e. The van der Waals surface area contributed by atoms with Gasteiger partial charge in [-0.1, -0.05) is 32.8 Å². The molecular formula is C18H28N2O. The van der Waals surface area contributed by atoms with E-state index in [4.69, 9.17) is 0 Å². The van der Waals surface area contributed by atoms with Crippen molar-refractivity contribution < 1.29 is 4.79 Å². The summed E-state index contributed by atoms with van der Waals surface area (Å²) in [5.74, 6) is 1.40. The van der Waals surface area contributed by atoms with E-state index in [1.54, 1.807) is 7.05 Å². The second kappa shape index (κ2) is 6.97. The number of hydrogen-bond donors (Lipinski definition) is 2. The number of aryl methyl sites for hydroxylation is 1. The van der Waals surface area contributed by atoms with Crippen molar-refractivity contribution in [1.82, 2.24) is 5.32 Å². The highest BCUT2D eigenvalue weighted by Gasteiger charge is 2.27. The number of carbonyl (C=O) groups is 1. The first-order valence-corrected chi connectivity index (χ1v) is 8.12. The molecule has 3 nitrogen and oxygen atoms in total. The first-order valence-electron chi connectivity index (χ1n) is 8.12. The van der Waals surface area contributed by atoms with Gasteiger partial charge in [-0.15, -0.1) is 0 Å². The zero-order valence-corrected chi connectivity index (χ0v) is 13.7. The van der Waals surface area contributed by atoms with Crippen LogP contribution < -0.4 is 10.6 Å². The average Bonchev–Trinajstić information content (AvgIpc) is 2.49. The summed E-state index contributed by atoms with van der Waals surface area (Å²) in [7, 11) is 1.67. The van der Waals surface area contributed by atoms with Crippen molar-refractivity contribution >= 4 is 11.6 Å². The van der Waals surface area contributed by atoms with E-state index in [0.29, 0.717) is 12.0 Å². The Bertz CT molecular complexity index is 496. The summed E-state index contributed by atoms with van der Waals surface area (Å²) in [4.78, 5) is 11.8. The first-order chi connectivity index (χ1) is 10.0. The van der Waals surface area contributed by atoms with Crippen LogP contribution in [0.25, 0.3) is 0 Å². The van der Waals surface area contributed by atoms with E-state index in [1.165, 1.54) is 31.2 Å². The molecule has 0 saturated heterocycles. The minimum Gasteiger partial charge on any atom is -0.382 e. The maximum absolute atomic E-state index is 11.8. The second-order valence-corrected chi connectivity index (χ2v) is 6.55. The monoisotopic (exact) mass is 288 g/mol. The zero-order valence-electron chi connectivity index (χ0n) is 13.7. The molecule has 0 spiro atoms. The predicted octanol–water partition coefficient (Wildman–Crippen LogP) is 3.98. The molecule has 3 heteroatoms. The Hall–Kier alpha value is -1.51. The van der Waals surface area contributed by atoms with E-state index in [9.17, 15) is 4.79 Å². The fourth-order valence-electron chi connectivity index (χ4n) is 3.40. The molecule has 1 fully saturated rings. The quantitative estimate of drug-likeness (QED) is 0.880. The van der Waals surface area contributed by atoms with Crippen molar-refractivity contribution in [2.45, 2.75) is 52.5 Å². The van der Waals surface area contributed by atoms with Crippen LogP contribution in [0.15, 0.2) is 18.2 Å². The number of hydrogen-bond acceptors (Lipinski definition) is 2. The molecule has 1 aromatic carbocycles. The van der Waals surface area contributed by atoms with Gasteiger partial charge in [0.25, 0.3) is 5.91 Å². The summed E-state index contributed by atoms with van der Waals surface area (Å²) in [6.45, 7) is 6.74. The van der Waals surface area contributed by atoms with Gasteiger partial charge in [-0.2, -0.15) is 0 Å². The van der Waals surface area contributed by atoms with Gasteiger partial charge < -0.3 is 10.6 Å². The van der Waals surface area contributed by atoms with E-state index < -0.39 is 0 Å². The maximum atomic E-state index is 11.8. The van der Waals surface area contributed by atoms with Crippen LogP contribution in [0, 0.1) is 18.8 Å². The van der Waals surface area contributed by atoms with Gasteiger partial charge in [-0.3, -0.25) is 4.79 Å². The summed E-state index contributed by atoms with van der Waals surface area (Å²) in [5, 5.41) is 6.41. The zero-order chi connectivity index (χ0) is 15.4. The lowest BCUT2D eigenvalue weighted by Crippen LogP contribution is -2.35. The number of carbonyl (C=O) groups excluding carboxylic acids is 1. The molecule has 2 atom stereocenters. The van der Waals surface area contributed by atoms with Crippen molar-refractivity contribution in [2.24, 2.45) is 11.8 Å². The standard InChI is InChI=1S/C18H28N2O/c1-12(2)15-7-5-6-8-16(15)20-17-11-14(18(21)19-4)10-9-13(17)3/h9-12,15-16,20H,5-8H2,1-4H3,(H,19,21). The summed E-state index contributed by atoms with van der Waals surface area (Å²) in [5.41, 5.74) is 3.03. The highest BCUT2D eigenvalue weighted by atomic mass is 16.1. The molecule has 0 heterocycles. The fourth-order valence-corrected chi connectivity index (χ4v) is 3.40. The van der Waals surface area contributed by atoms with Gasteiger partial charge in [0, 0.05) is 24.3 Å². The van der Waals surface area contributed by atoms with E-state index in [2.05, 4.69) is 31.4 Å². The third kappa shape index (κ3) is 3.78. The van der Waals surface area contributed by atoms with Crippen LogP contribution in [0.2, 0.25) is 0 Å². The number of rotatable bonds is 4. The van der Waals surface area contributed by atoms with Gasteiger partial charge in [0.2, 0.25) is 0 Å². The molecular weight excluding hydrogens is 260 g/mol. The predicted molar refractivity (Wildman–Crippen MR) is 88.8 cm³/mol. The highest BCUT2D eigenvalue weighted by molar-refractivity contribution is 5.95. The maximum Gasteiger partial charge on any atom is 0.251 e. The molecule has 21 heavy (non-hydrogen) atoms. The van der Waals surface area contributed by atoms with Crippen molar-refractivity contribution in [3.8, 4) is 0 Å². The fraction of sp³-hybridized carbons (Fsp3) is 0.611. The molecule has 2 rings (SSSR count). The van der Waals surface area contributed by atoms with Crippen molar-refractivity contribution in [2.75, 3.05) is 12.4 Å². The molecule has 2 N–H and O–H groups in total. The van der Waals surface area contributed by atoms with E-state index >= 15 is 0 Å². The number of amides is 1. The van der Waals surface area contributed by atoms with Gasteiger partial charge >= 0.3 is 0 Å². The Labute approximate surface area is 128 Å². The van der Waals surface area contributed by atoms with E-state index in [1.807, 2.05) is 18.2 Å². The van der Waals surface area contributed by atoms with Crippen molar-refractivity contribution in [3.63, 3.8) is 0 Å². The van der Waals surface area contributed by atoms with Crippen LogP contribution in [0.5, 0.6) is 0 Å². The Balaban J connectivity index is 2.19. The Kier molecular flexibility index (Phi) is 5.27. The molecule has 1 aliphatic rings. The lowest BCUT2D eigenvalue weighted by atomic mass is 9.77. The van der Waals surface area contributed by atoms with Gasteiger partial charge in [0.15, 0.2) is 0 Å². The normalized spacial score (nSPS) is 22.1. The van der Waals surface area contributed by atoms with Gasteiger partial charge in [0.05, 0.1) is 0 Å². The van der Waals surface area contributed by atoms with E-state index in [-0.39, 0.29) is 5.91 Å². The molecule has 1 aromatic rings. The third-order valence-electron chi connectivity index (χ3n) is 4.74. The van der Waals surface area contributed by atoms with Crippen LogP contribution in [-0.4, -0.2) is 19.0 Å². The molecule has 1 saturated carbocycles. The first kappa shape index (κ1) is 15.9. The van der Waals surface area contributed by atoms with Gasteiger partial charge in [-0.05, 0) is 49.3 Å². The summed E-state index contributed by atoms with van der Waals surface area (Å²) >= 11 is 0. The topological polar surface area (TPSA) is 41.1 Å². The van der Waals surface area contributed by atoms with Crippen molar-refractivity contribution in [1.29, 1.82) is 0 Å². The minimum atomic E-state index is -0.0258. The number of anilines is 1. The molecule has 116 valence electrons. The summed E-state index contributed by atoms with van der Waals surface area (Å²) < 4.78 is 0. The minimum absolute atomic E-state index is 0.0258. The van der Waals surface area contributed by atoms with Crippen LogP contribution in [-0.2, 0) is 0 Å². The van der Waals surface area contributed by atoms with Gasteiger partial charge in [-0.25, -0.2) is 0 Å². The lowest BCUT2D eigenvalue weighted by Gasteiger charge is -2.36. The van der Waals surface area contributed by atoms with Crippen LogP contribution >= 0.6 is 0 Å². The average molecular weight is 288 g/mol. The molecule has 0 radical (unpaired) electrons. The smallest absolute Gasteiger partial charge is 0.251 e. The lowest BCUT2D eigenvalue weighted by molar-refractivity contribution is 0.0963. The van der Waals surface area contributed by atoms with Crippen molar-refractivity contribution in [3.05, 3.63) is 29.3 Å². The number of benzene rings is 1. The van der Waals surface area contributed by atoms with Crippen LogP contribution in [0.4, 0.5) is 5.69 Å². The molecule has 0 aromatic heterocycles. The molecule has 2 unspecified atom stereocenters. The summed E-state index contributed by atoms with van der Waals surface area (Å²) in [6, 6.07) is 6.43. The highest BCUT2D eigenvalue weighted by Crippen LogP contribution is 2.33. The third-order valence-corrected chi connectivity index (χ3v) is 4.74. The summed E-state index contributed by atoms with van der Waals surface area (Å²) in [6.07, 6.45) is 5.18. The van der Waals surface area contributed by atoms with Crippen LogP contribution in [0.1, 0.15) is 55.5 Å². The molecule has 0 bridgehead atoms. The Morgan fingerprint density at radius 2 is 1.95 bits per heavy atom. The van der Waals surface area contributed by atoms with Gasteiger partial charge in [0.1, 0.15) is 0 Å². The Morgan fingerprint density at radius 1 is 1.24 bits per heavy atom. The molecule has 1 aliphatic carbocycles. The van der Waals surface area contributed by atoms with Crippen LogP contribution in [0.3, 0.4) is 0 Å². The SMILES string of the molecule is CNC(=O)c1ccc(C)c(NC2CCCCC2C(C)C)c1. The second-order valence-electron chi connectivity index (χ2n) is 6.55. The molecule has 1 amide bonds. The molecule has 0 aliphatic heterocycles. The number of nitrogens with one attached hydrogen (secondary N) is 2. The van der Waals surface area contributed by atoms with E-state index in [0.717, 1.165) is 17.2 Å². The Morgan fingerprint density at radius 3 is 2.62 bits per heavy atom.